The molecule has 2 unspecified atom stereocenters. The number of hydrogen-bond acceptors (Lipinski definition) is 2. The molecule has 0 N–H and O–H groups in total. The van der Waals surface area contributed by atoms with E-state index in [1.54, 1.807) is 0 Å². The molecule has 0 aliphatic heterocycles. The van der Waals surface area contributed by atoms with Crippen LogP contribution in [-0.4, -0.2) is 36.5 Å². The Balaban J connectivity index is 2.56. The topological polar surface area (TPSA) is 20.3 Å². The van der Waals surface area contributed by atoms with Gasteiger partial charge in [0.25, 0.3) is 0 Å². The molecule has 0 aromatic heterocycles. The van der Waals surface area contributed by atoms with E-state index in [4.69, 9.17) is 0 Å². The molecular weight excluding hydrogens is 243 g/mol. The van der Waals surface area contributed by atoms with Crippen LogP contribution >= 0.6 is 0 Å². The fourth-order valence-electron chi connectivity index (χ4n) is 2.62. The molecule has 106 valence electrons. The Kier molecular flexibility index (Phi) is 5.63. The number of carbonyl (C=O) groups is 1. The number of halogens is 3. The molecule has 0 amide bonds. The van der Waals surface area contributed by atoms with Gasteiger partial charge in [0.2, 0.25) is 0 Å². The third-order valence-electron chi connectivity index (χ3n) is 3.45. The summed E-state index contributed by atoms with van der Waals surface area (Å²) in [7, 11) is 0. The van der Waals surface area contributed by atoms with Crippen molar-refractivity contribution in [1.82, 2.24) is 4.90 Å². The average molecular weight is 265 g/mol. The first-order valence-electron chi connectivity index (χ1n) is 6.63. The van der Waals surface area contributed by atoms with Crippen molar-refractivity contribution in [2.45, 2.75) is 45.7 Å². The van der Waals surface area contributed by atoms with Gasteiger partial charge in [-0.15, -0.1) is 0 Å². The fourth-order valence-corrected chi connectivity index (χ4v) is 2.62. The van der Waals surface area contributed by atoms with Crippen molar-refractivity contribution in [3.05, 3.63) is 0 Å². The average Bonchev–Trinajstić information content (AvgIpc) is 2.21. The van der Waals surface area contributed by atoms with Gasteiger partial charge in [-0.25, -0.2) is 0 Å². The molecule has 2 nitrogen and oxygen atoms in total. The lowest BCUT2D eigenvalue weighted by Crippen LogP contribution is -2.41. The van der Waals surface area contributed by atoms with E-state index in [0.29, 0.717) is 25.3 Å². The van der Waals surface area contributed by atoms with E-state index in [1.165, 1.54) is 4.90 Å². The van der Waals surface area contributed by atoms with Gasteiger partial charge in [-0.3, -0.25) is 9.69 Å². The molecule has 0 saturated heterocycles. The molecule has 1 aliphatic carbocycles. The summed E-state index contributed by atoms with van der Waals surface area (Å²) >= 11 is 0. The number of alkyl halides is 3. The Labute approximate surface area is 107 Å². The molecule has 1 fully saturated rings. The maximum absolute atomic E-state index is 12.4. The minimum Gasteiger partial charge on any atom is -0.299 e. The molecule has 1 saturated carbocycles. The fraction of sp³-hybridized carbons (Fsp3) is 0.923. The van der Waals surface area contributed by atoms with E-state index < -0.39 is 12.7 Å². The first kappa shape index (κ1) is 15.5. The second-order valence-electron chi connectivity index (χ2n) is 5.39. The van der Waals surface area contributed by atoms with Crippen molar-refractivity contribution in [1.29, 1.82) is 0 Å². The van der Waals surface area contributed by atoms with Gasteiger partial charge in [0.15, 0.2) is 0 Å². The highest BCUT2D eigenvalue weighted by Crippen LogP contribution is 2.27. The van der Waals surface area contributed by atoms with Gasteiger partial charge in [0, 0.05) is 18.9 Å². The van der Waals surface area contributed by atoms with E-state index >= 15 is 0 Å². The molecule has 0 spiro atoms. The minimum absolute atomic E-state index is 0.136. The van der Waals surface area contributed by atoms with Crippen LogP contribution in [0.5, 0.6) is 0 Å². The second-order valence-corrected chi connectivity index (χ2v) is 5.39. The van der Waals surface area contributed by atoms with Crippen LogP contribution < -0.4 is 0 Å². The lowest BCUT2D eigenvalue weighted by atomic mass is 9.81. The van der Waals surface area contributed by atoms with Gasteiger partial charge in [-0.2, -0.15) is 13.2 Å². The Hall–Kier alpha value is -0.580. The predicted molar refractivity (Wildman–Crippen MR) is 64.3 cm³/mol. The van der Waals surface area contributed by atoms with Crippen molar-refractivity contribution < 1.29 is 18.0 Å². The summed E-state index contributed by atoms with van der Waals surface area (Å²) in [4.78, 5) is 13.1. The molecular formula is C13H22F3NO. The molecule has 5 heteroatoms. The van der Waals surface area contributed by atoms with Crippen LogP contribution in [0.4, 0.5) is 13.2 Å². The number of rotatable bonds is 5. The minimum atomic E-state index is -4.18. The summed E-state index contributed by atoms with van der Waals surface area (Å²) in [6.45, 7) is 3.68. The zero-order chi connectivity index (χ0) is 13.8. The summed E-state index contributed by atoms with van der Waals surface area (Å²) in [6, 6.07) is 0. The Morgan fingerprint density at radius 2 is 2.06 bits per heavy atom. The predicted octanol–water partition coefficient (Wildman–Crippen LogP) is 3.27. The molecule has 1 aliphatic rings. The van der Waals surface area contributed by atoms with Crippen LogP contribution in [0.2, 0.25) is 0 Å². The van der Waals surface area contributed by atoms with Crippen molar-refractivity contribution in [3.63, 3.8) is 0 Å². The zero-order valence-electron chi connectivity index (χ0n) is 11.1. The van der Waals surface area contributed by atoms with Gasteiger partial charge in [0.1, 0.15) is 5.78 Å². The van der Waals surface area contributed by atoms with Crippen molar-refractivity contribution in [2.75, 3.05) is 19.6 Å². The number of nitrogens with zero attached hydrogens (tertiary/aromatic N) is 1. The Morgan fingerprint density at radius 1 is 1.39 bits per heavy atom. The van der Waals surface area contributed by atoms with Crippen LogP contribution in [0.25, 0.3) is 0 Å². The van der Waals surface area contributed by atoms with Crippen molar-refractivity contribution >= 4 is 5.78 Å². The van der Waals surface area contributed by atoms with Gasteiger partial charge in [-0.1, -0.05) is 13.8 Å². The third-order valence-corrected chi connectivity index (χ3v) is 3.45. The monoisotopic (exact) mass is 265 g/mol. The SMILES string of the molecule is CCCN(CC1CC(C)CCC1=O)CC(F)(F)F. The first-order chi connectivity index (χ1) is 8.31. The van der Waals surface area contributed by atoms with Crippen molar-refractivity contribution in [2.24, 2.45) is 11.8 Å². The highest BCUT2D eigenvalue weighted by molar-refractivity contribution is 5.81. The van der Waals surface area contributed by atoms with E-state index in [-0.39, 0.29) is 18.2 Å². The summed E-state index contributed by atoms with van der Waals surface area (Å²) in [5.74, 6) is 0.376. The van der Waals surface area contributed by atoms with Gasteiger partial charge in [-0.05, 0) is 31.7 Å². The largest absolute Gasteiger partial charge is 0.401 e. The maximum Gasteiger partial charge on any atom is 0.401 e. The summed E-state index contributed by atoms with van der Waals surface area (Å²) in [6.07, 6.45) is -1.37. The molecule has 1 rings (SSSR count). The lowest BCUT2D eigenvalue weighted by molar-refractivity contribution is -0.149. The molecule has 2 atom stereocenters. The summed E-state index contributed by atoms with van der Waals surface area (Å²) in [5.41, 5.74) is 0. The molecule has 0 aromatic carbocycles. The molecule has 18 heavy (non-hydrogen) atoms. The van der Waals surface area contributed by atoms with E-state index in [1.807, 2.05) is 6.92 Å². The molecule has 0 radical (unpaired) electrons. The van der Waals surface area contributed by atoms with Crippen LogP contribution in [0, 0.1) is 11.8 Å². The highest BCUT2D eigenvalue weighted by atomic mass is 19.4. The highest BCUT2D eigenvalue weighted by Gasteiger charge is 2.33. The van der Waals surface area contributed by atoms with E-state index in [2.05, 4.69) is 6.92 Å². The molecule has 0 heterocycles. The standard InChI is InChI=1S/C13H22F3NO/c1-3-6-17(9-13(14,15)16)8-11-7-10(2)4-5-12(11)18/h10-11H,3-9H2,1-2H3. The normalized spacial score (nSPS) is 25.8. The number of hydrogen-bond donors (Lipinski definition) is 0. The van der Waals surface area contributed by atoms with Gasteiger partial charge in [0.05, 0.1) is 6.54 Å². The van der Waals surface area contributed by atoms with E-state index in [0.717, 1.165) is 12.8 Å². The van der Waals surface area contributed by atoms with Crippen LogP contribution in [-0.2, 0) is 4.79 Å². The second kappa shape index (κ2) is 6.55. The first-order valence-corrected chi connectivity index (χ1v) is 6.63. The lowest BCUT2D eigenvalue weighted by Gasteiger charge is -2.31. The van der Waals surface area contributed by atoms with E-state index in [9.17, 15) is 18.0 Å². The molecule has 0 aromatic rings. The Morgan fingerprint density at radius 3 is 2.61 bits per heavy atom. The van der Waals surface area contributed by atoms with Crippen LogP contribution in [0.1, 0.15) is 39.5 Å². The maximum atomic E-state index is 12.4. The molecule has 0 bridgehead atoms. The van der Waals surface area contributed by atoms with Gasteiger partial charge >= 0.3 is 6.18 Å². The van der Waals surface area contributed by atoms with Crippen LogP contribution in [0.15, 0.2) is 0 Å². The smallest absolute Gasteiger partial charge is 0.299 e. The van der Waals surface area contributed by atoms with Crippen molar-refractivity contribution in [3.8, 4) is 0 Å². The number of Topliss-reactive ketones (excluding diaryl/α,β-unsaturated/α-hetero) is 1. The van der Waals surface area contributed by atoms with Crippen LogP contribution in [0.3, 0.4) is 0 Å². The number of carbonyl (C=O) groups excluding carboxylic acids is 1. The summed E-state index contributed by atoms with van der Waals surface area (Å²) < 4.78 is 37.3. The Bertz CT molecular complexity index is 278. The quantitative estimate of drug-likeness (QED) is 0.760. The summed E-state index contributed by atoms with van der Waals surface area (Å²) in [5, 5.41) is 0. The zero-order valence-corrected chi connectivity index (χ0v) is 11.1. The van der Waals surface area contributed by atoms with Gasteiger partial charge < -0.3 is 0 Å². The number of ketones is 1. The third kappa shape index (κ3) is 5.38.